The number of ether oxygens (including phenoxy) is 2. The lowest BCUT2D eigenvalue weighted by Crippen LogP contribution is -2.07. The largest absolute Gasteiger partial charge is 0.478 e. The van der Waals surface area contributed by atoms with Crippen molar-refractivity contribution in [3.8, 4) is 0 Å². The van der Waals surface area contributed by atoms with E-state index in [1.54, 1.807) is 0 Å². The molecular formula is C9H16O5. The molecule has 0 aromatic rings. The third kappa shape index (κ3) is 11.1. The van der Waals surface area contributed by atoms with Gasteiger partial charge < -0.3 is 19.7 Å². The SMILES string of the molecule is O=C(O)C=CCCOCCOCCO. The summed E-state index contributed by atoms with van der Waals surface area (Å²) >= 11 is 0. The van der Waals surface area contributed by atoms with Crippen LogP contribution >= 0.6 is 0 Å². The summed E-state index contributed by atoms with van der Waals surface area (Å²) in [6.45, 7) is 1.72. The van der Waals surface area contributed by atoms with Crippen molar-refractivity contribution in [2.24, 2.45) is 0 Å². The Bertz CT molecular complexity index is 167. The van der Waals surface area contributed by atoms with Gasteiger partial charge in [0.25, 0.3) is 0 Å². The van der Waals surface area contributed by atoms with Crippen LogP contribution in [0.1, 0.15) is 6.42 Å². The third-order valence-corrected chi connectivity index (χ3v) is 1.30. The van der Waals surface area contributed by atoms with Gasteiger partial charge in [-0.15, -0.1) is 0 Å². The third-order valence-electron chi connectivity index (χ3n) is 1.30. The molecule has 0 fully saturated rings. The quantitative estimate of drug-likeness (QED) is 0.410. The van der Waals surface area contributed by atoms with Gasteiger partial charge in [-0.25, -0.2) is 4.79 Å². The molecule has 0 atom stereocenters. The van der Waals surface area contributed by atoms with Crippen LogP contribution in [0.4, 0.5) is 0 Å². The molecule has 0 aliphatic carbocycles. The molecule has 0 amide bonds. The predicted molar refractivity (Wildman–Crippen MR) is 50.1 cm³/mol. The van der Waals surface area contributed by atoms with Crippen LogP contribution in [-0.2, 0) is 14.3 Å². The maximum Gasteiger partial charge on any atom is 0.327 e. The van der Waals surface area contributed by atoms with Crippen LogP contribution in [0.2, 0.25) is 0 Å². The fraction of sp³-hybridized carbons (Fsp3) is 0.667. The van der Waals surface area contributed by atoms with Crippen molar-refractivity contribution in [1.29, 1.82) is 0 Å². The molecule has 0 aliphatic heterocycles. The van der Waals surface area contributed by atoms with Crippen molar-refractivity contribution in [3.63, 3.8) is 0 Å². The molecule has 0 aromatic carbocycles. The fourth-order valence-electron chi connectivity index (χ4n) is 0.722. The lowest BCUT2D eigenvalue weighted by atomic mass is 10.4. The number of carboxylic acids is 1. The van der Waals surface area contributed by atoms with Gasteiger partial charge in [0.1, 0.15) is 0 Å². The zero-order valence-electron chi connectivity index (χ0n) is 8.02. The number of aliphatic hydroxyl groups is 1. The molecule has 0 heterocycles. The van der Waals surface area contributed by atoms with Gasteiger partial charge in [-0.3, -0.25) is 0 Å². The Hall–Kier alpha value is -0.910. The first-order valence-electron chi connectivity index (χ1n) is 4.43. The predicted octanol–water partition coefficient (Wildman–Crippen LogP) is 0.0428. The maximum atomic E-state index is 10.0. The second kappa shape index (κ2) is 10.2. The minimum atomic E-state index is -0.948. The van der Waals surface area contributed by atoms with Crippen LogP contribution in [0, 0.1) is 0 Å². The van der Waals surface area contributed by atoms with Crippen LogP contribution < -0.4 is 0 Å². The first kappa shape index (κ1) is 13.1. The number of carbonyl (C=O) groups is 1. The van der Waals surface area contributed by atoms with Crippen molar-refractivity contribution in [2.45, 2.75) is 6.42 Å². The van der Waals surface area contributed by atoms with Gasteiger partial charge in [-0.1, -0.05) is 6.08 Å². The monoisotopic (exact) mass is 204 g/mol. The van der Waals surface area contributed by atoms with Gasteiger partial charge in [-0.2, -0.15) is 0 Å². The van der Waals surface area contributed by atoms with Gasteiger partial charge in [0.15, 0.2) is 0 Å². The summed E-state index contributed by atoms with van der Waals surface area (Å²) < 4.78 is 10.1. The highest BCUT2D eigenvalue weighted by Gasteiger charge is 1.89. The van der Waals surface area contributed by atoms with Gasteiger partial charge in [0, 0.05) is 6.08 Å². The van der Waals surface area contributed by atoms with Crippen molar-refractivity contribution in [3.05, 3.63) is 12.2 Å². The van der Waals surface area contributed by atoms with Crippen LogP contribution in [0.3, 0.4) is 0 Å². The van der Waals surface area contributed by atoms with E-state index in [9.17, 15) is 4.79 Å². The minimum Gasteiger partial charge on any atom is -0.478 e. The Balaban J connectivity index is 3.02. The number of aliphatic hydroxyl groups excluding tert-OH is 1. The van der Waals surface area contributed by atoms with E-state index < -0.39 is 5.97 Å². The van der Waals surface area contributed by atoms with Crippen LogP contribution in [0.25, 0.3) is 0 Å². The molecule has 0 spiro atoms. The molecule has 0 aliphatic rings. The van der Waals surface area contributed by atoms with Gasteiger partial charge in [0.2, 0.25) is 0 Å². The summed E-state index contributed by atoms with van der Waals surface area (Å²) in [6, 6.07) is 0. The Kier molecular flexibility index (Phi) is 9.51. The Labute approximate surface area is 82.9 Å². The Morgan fingerprint density at radius 1 is 1.14 bits per heavy atom. The molecule has 2 N–H and O–H groups in total. The normalized spacial score (nSPS) is 10.9. The molecule has 5 heteroatoms. The van der Waals surface area contributed by atoms with E-state index in [4.69, 9.17) is 19.7 Å². The Morgan fingerprint density at radius 2 is 1.79 bits per heavy atom. The van der Waals surface area contributed by atoms with Crippen molar-refractivity contribution in [2.75, 3.05) is 33.0 Å². The molecule has 14 heavy (non-hydrogen) atoms. The standard InChI is InChI=1S/C9H16O5/c10-4-6-14-8-7-13-5-2-1-3-9(11)12/h1,3,10H,2,4-8H2,(H,11,12). The van der Waals surface area contributed by atoms with Crippen molar-refractivity contribution in [1.82, 2.24) is 0 Å². The molecule has 5 nitrogen and oxygen atoms in total. The van der Waals surface area contributed by atoms with E-state index in [1.165, 1.54) is 6.08 Å². The number of rotatable bonds is 9. The maximum absolute atomic E-state index is 10.0. The zero-order valence-corrected chi connectivity index (χ0v) is 8.02. The zero-order chi connectivity index (χ0) is 10.6. The molecule has 0 bridgehead atoms. The van der Waals surface area contributed by atoms with Gasteiger partial charge in [-0.05, 0) is 6.42 Å². The molecular weight excluding hydrogens is 188 g/mol. The first-order valence-corrected chi connectivity index (χ1v) is 4.43. The number of hydrogen-bond donors (Lipinski definition) is 2. The molecule has 0 saturated heterocycles. The highest BCUT2D eigenvalue weighted by atomic mass is 16.5. The Morgan fingerprint density at radius 3 is 2.36 bits per heavy atom. The summed E-state index contributed by atoms with van der Waals surface area (Å²) in [5, 5.41) is 16.6. The highest BCUT2D eigenvalue weighted by Crippen LogP contribution is 1.86. The van der Waals surface area contributed by atoms with Crippen LogP contribution in [-0.4, -0.2) is 49.2 Å². The highest BCUT2D eigenvalue weighted by molar-refractivity contribution is 5.79. The second-order valence-corrected chi connectivity index (χ2v) is 2.48. The van der Waals surface area contributed by atoms with E-state index in [0.29, 0.717) is 32.8 Å². The summed E-state index contributed by atoms with van der Waals surface area (Å²) in [6.07, 6.45) is 3.20. The minimum absolute atomic E-state index is 0.0152. The van der Waals surface area contributed by atoms with E-state index in [0.717, 1.165) is 6.08 Å². The first-order chi connectivity index (χ1) is 6.77. The lowest BCUT2D eigenvalue weighted by Gasteiger charge is -2.02. The lowest BCUT2D eigenvalue weighted by molar-refractivity contribution is -0.131. The molecule has 0 unspecified atom stereocenters. The average Bonchev–Trinajstić information content (AvgIpc) is 2.15. The van der Waals surface area contributed by atoms with Crippen molar-refractivity contribution >= 4 is 5.97 Å². The number of hydrogen-bond acceptors (Lipinski definition) is 4. The summed E-state index contributed by atoms with van der Waals surface area (Å²) in [4.78, 5) is 10.0. The average molecular weight is 204 g/mol. The van der Waals surface area contributed by atoms with E-state index in [-0.39, 0.29) is 6.61 Å². The molecule has 82 valence electrons. The van der Waals surface area contributed by atoms with Crippen LogP contribution in [0.15, 0.2) is 12.2 Å². The number of carboxylic acid groups (broad SMARTS) is 1. The van der Waals surface area contributed by atoms with Crippen molar-refractivity contribution < 1.29 is 24.5 Å². The summed E-state index contributed by atoms with van der Waals surface area (Å²) in [5.41, 5.74) is 0. The molecule has 0 saturated carbocycles. The fourth-order valence-corrected chi connectivity index (χ4v) is 0.722. The molecule has 0 radical (unpaired) electrons. The smallest absolute Gasteiger partial charge is 0.327 e. The van der Waals surface area contributed by atoms with Crippen LogP contribution in [0.5, 0.6) is 0 Å². The van der Waals surface area contributed by atoms with E-state index in [1.807, 2.05) is 0 Å². The summed E-state index contributed by atoms with van der Waals surface area (Å²) in [5.74, 6) is -0.948. The molecule has 0 rings (SSSR count). The van der Waals surface area contributed by atoms with Gasteiger partial charge >= 0.3 is 5.97 Å². The summed E-state index contributed by atoms with van der Waals surface area (Å²) in [7, 11) is 0. The van der Waals surface area contributed by atoms with Gasteiger partial charge in [0.05, 0.1) is 33.0 Å². The molecule has 0 aromatic heterocycles. The second-order valence-electron chi connectivity index (χ2n) is 2.48. The number of aliphatic carboxylic acids is 1. The van der Waals surface area contributed by atoms with E-state index >= 15 is 0 Å². The van der Waals surface area contributed by atoms with E-state index in [2.05, 4.69) is 0 Å². The topological polar surface area (TPSA) is 76.0 Å².